The number of carbonyl (C=O) groups excluding carboxylic acids is 1. The minimum atomic E-state index is -0.340. The first-order chi connectivity index (χ1) is 15.4. The van der Waals surface area contributed by atoms with E-state index < -0.39 is 0 Å². The lowest BCUT2D eigenvalue weighted by molar-refractivity contribution is -0.116. The van der Waals surface area contributed by atoms with Gasteiger partial charge in [0.25, 0.3) is 5.56 Å². The van der Waals surface area contributed by atoms with Gasteiger partial charge in [-0.15, -0.1) is 0 Å². The van der Waals surface area contributed by atoms with Crippen molar-refractivity contribution in [1.29, 1.82) is 0 Å². The standard InChI is InChI=1S/C23H22FN5O3/c1-15-21(23(31)29(28(15)2)18-7-4-3-5-8-18)25-19(30)9-6-10-20-26-22(27-32-20)16-11-13-17(24)14-12-16/h3-5,7-8,11-14H,6,9-10H2,1-2H3,(H,25,30). The zero-order chi connectivity index (χ0) is 22.7. The molecular formula is C23H22FN5O3. The van der Waals surface area contributed by atoms with Crippen LogP contribution in [0.4, 0.5) is 10.1 Å². The number of nitrogens with zero attached hydrogens (tertiary/aromatic N) is 4. The summed E-state index contributed by atoms with van der Waals surface area (Å²) in [6.45, 7) is 1.78. The summed E-state index contributed by atoms with van der Waals surface area (Å²) >= 11 is 0. The van der Waals surface area contributed by atoms with Gasteiger partial charge in [0.05, 0.1) is 11.4 Å². The summed E-state index contributed by atoms with van der Waals surface area (Å²) in [5.74, 6) is 0.146. The second kappa shape index (κ2) is 9.01. The number of hydrogen-bond donors (Lipinski definition) is 1. The fraction of sp³-hybridized carbons (Fsp3) is 0.217. The number of para-hydroxylation sites is 1. The SMILES string of the molecule is Cc1c(NC(=O)CCCc2nc(-c3ccc(F)cc3)no2)c(=O)n(-c2ccccc2)n1C. The van der Waals surface area contributed by atoms with Crippen LogP contribution in [0.5, 0.6) is 0 Å². The van der Waals surface area contributed by atoms with E-state index in [1.165, 1.54) is 16.8 Å². The summed E-state index contributed by atoms with van der Waals surface area (Å²) in [5.41, 5.74) is 2.00. The number of benzene rings is 2. The van der Waals surface area contributed by atoms with Crippen LogP contribution < -0.4 is 10.9 Å². The van der Waals surface area contributed by atoms with E-state index in [0.29, 0.717) is 35.8 Å². The highest BCUT2D eigenvalue weighted by atomic mass is 19.1. The normalized spacial score (nSPS) is 11.0. The van der Waals surface area contributed by atoms with E-state index in [2.05, 4.69) is 15.5 Å². The summed E-state index contributed by atoms with van der Waals surface area (Å²) < 4.78 is 21.5. The molecule has 0 bridgehead atoms. The first-order valence-electron chi connectivity index (χ1n) is 10.2. The van der Waals surface area contributed by atoms with E-state index >= 15 is 0 Å². The van der Waals surface area contributed by atoms with Crippen LogP contribution in [-0.2, 0) is 18.3 Å². The number of rotatable bonds is 7. The molecule has 0 radical (unpaired) electrons. The fourth-order valence-corrected chi connectivity index (χ4v) is 3.39. The molecule has 2 aromatic carbocycles. The maximum Gasteiger partial charge on any atom is 0.295 e. The molecule has 0 spiro atoms. The van der Waals surface area contributed by atoms with E-state index in [9.17, 15) is 14.0 Å². The van der Waals surface area contributed by atoms with Gasteiger partial charge in [-0.1, -0.05) is 23.4 Å². The number of carbonyl (C=O) groups is 1. The Morgan fingerprint density at radius 3 is 2.56 bits per heavy atom. The molecule has 4 aromatic rings. The smallest absolute Gasteiger partial charge is 0.295 e. The highest BCUT2D eigenvalue weighted by molar-refractivity contribution is 5.91. The zero-order valence-electron chi connectivity index (χ0n) is 17.7. The van der Waals surface area contributed by atoms with Gasteiger partial charge in [-0.05, 0) is 49.7 Å². The van der Waals surface area contributed by atoms with Crippen LogP contribution in [0, 0.1) is 12.7 Å². The maximum absolute atomic E-state index is 13.0. The average molecular weight is 435 g/mol. The lowest BCUT2D eigenvalue weighted by Crippen LogP contribution is -2.22. The number of anilines is 1. The Hall–Kier alpha value is -4.01. The average Bonchev–Trinajstić information content (AvgIpc) is 3.34. The number of amides is 1. The van der Waals surface area contributed by atoms with Gasteiger partial charge in [-0.3, -0.25) is 14.3 Å². The predicted molar refractivity (Wildman–Crippen MR) is 117 cm³/mol. The van der Waals surface area contributed by atoms with Crippen LogP contribution in [0.1, 0.15) is 24.4 Å². The molecule has 4 rings (SSSR count). The number of nitrogens with one attached hydrogen (secondary N) is 1. The second-order valence-electron chi connectivity index (χ2n) is 7.36. The van der Waals surface area contributed by atoms with Crippen LogP contribution in [0.2, 0.25) is 0 Å². The first-order valence-corrected chi connectivity index (χ1v) is 10.2. The van der Waals surface area contributed by atoms with Gasteiger partial charge in [0.1, 0.15) is 11.5 Å². The summed E-state index contributed by atoms with van der Waals surface area (Å²) in [4.78, 5) is 29.6. The lowest BCUT2D eigenvalue weighted by atomic mass is 10.2. The van der Waals surface area contributed by atoms with Crippen molar-refractivity contribution < 1.29 is 13.7 Å². The van der Waals surface area contributed by atoms with Gasteiger partial charge in [0.15, 0.2) is 0 Å². The largest absolute Gasteiger partial charge is 0.339 e. The molecule has 1 amide bonds. The molecule has 9 heteroatoms. The number of aromatic nitrogens is 4. The van der Waals surface area contributed by atoms with E-state index in [1.807, 2.05) is 30.3 Å². The zero-order valence-corrected chi connectivity index (χ0v) is 17.7. The summed E-state index contributed by atoms with van der Waals surface area (Å²) in [5, 5.41) is 6.63. The molecule has 0 aliphatic carbocycles. The van der Waals surface area contributed by atoms with Gasteiger partial charge < -0.3 is 9.84 Å². The number of aryl methyl sites for hydroxylation is 1. The molecule has 32 heavy (non-hydrogen) atoms. The third kappa shape index (κ3) is 4.36. The van der Waals surface area contributed by atoms with Crippen LogP contribution in [0.3, 0.4) is 0 Å². The summed E-state index contributed by atoms with van der Waals surface area (Å²) in [6.07, 6.45) is 1.06. The molecule has 0 unspecified atom stereocenters. The minimum absolute atomic E-state index is 0.188. The highest BCUT2D eigenvalue weighted by Crippen LogP contribution is 2.17. The predicted octanol–water partition coefficient (Wildman–Crippen LogP) is 3.63. The van der Waals surface area contributed by atoms with Crippen LogP contribution in [0.25, 0.3) is 17.1 Å². The molecule has 0 atom stereocenters. The number of halogens is 1. The highest BCUT2D eigenvalue weighted by Gasteiger charge is 2.18. The van der Waals surface area contributed by atoms with Crippen LogP contribution in [0.15, 0.2) is 63.9 Å². The van der Waals surface area contributed by atoms with Crippen molar-refractivity contribution in [3.8, 4) is 17.1 Å². The molecule has 0 saturated carbocycles. The van der Waals surface area contributed by atoms with Crippen molar-refractivity contribution in [3.63, 3.8) is 0 Å². The van der Waals surface area contributed by atoms with Crippen LogP contribution in [-0.4, -0.2) is 25.4 Å². The lowest BCUT2D eigenvalue weighted by Gasteiger charge is -2.07. The Balaban J connectivity index is 1.37. The Bertz CT molecular complexity index is 1290. The Kier molecular flexibility index (Phi) is 5.98. The molecule has 0 aliphatic heterocycles. The molecule has 2 aromatic heterocycles. The van der Waals surface area contributed by atoms with Crippen molar-refractivity contribution >= 4 is 11.6 Å². The van der Waals surface area contributed by atoms with Crippen LogP contribution >= 0.6 is 0 Å². The molecule has 0 fully saturated rings. The first kappa shape index (κ1) is 21.2. The molecule has 164 valence electrons. The Morgan fingerprint density at radius 2 is 1.84 bits per heavy atom. The summed E-state index contributed by atoms with van der Waals surface area (Å²) in [6, 6.07) is 15.0. The van der Waals surface area contributed by atoms with Gasteiger partial charge >= 0.3 is 0 Å². The molecule has 8 nitrogen and oxygen atoms in total. The Labute approximate surface area is 183 Å². The van der Waals surface area contributed by atoms with E-state index in [4.69, 9.17) is 4.52 Å². The van der Waals surface area contributed by atoms with Gasteiger partial charge in [0, 0.05) is 25.5 Å². The minimum Gasteiger partial charge on any atom is -0.339 e. The summed E-state index contributed by atoms with van der Waals surface area (Å²) in [7, 11) is 1.77. The molecule has 2 heterocycles. The van der Waals surface area contributed by atoms with E-state index in [-0.39, 0.29) is 29.4 Å². The van der Waals surface area contributed by atoms with Crippen molar-refractivity contribution in [1.82, 2.24) is 19.5 Å². The Morgan fingerprint density at radius 1 is 1.12 bits per heavy atom. The van der Waals surface area contributed by atoms with Crippen molar-refractivity contribution in [2.24, 2.45) is 7.05 Å². The number of hydrogen-bond acceptors (Lipinski definition) is 5. The molecule has 1 N–H and O–H groups in total. The van der Waals surface area contributed by atoms with Crippen molar-refractivity contribution in [2.45, 2.75) is 26.2 Å². The monoisotopic (exact) mass is 435 g/mol. The van der Waals surface area contributed by atoms with Gasteiger partial charge in [-0.2, -0.15) is 4.98 Å². The second-order valence-corrected chi connectivity index (χ2v) is 7.36. The quantitative estimate of drug-likeness (QED) is 0.478. The molecule has 0 aliphatic rings. The third-order valence-corrected chi connectivity index (χ3v) is 5.18. The third-order valence-electron chi connectivity index (χ3n) is 5.18. The van der Waals surface area contributed by atoms with Gasteiger partial charge in [-0.25, -0.2) is 9.07 Å². The molecular weight excluding hydrogens is 413 g/mol. The molecule has 0 saturated heterocycles. The maximum atomic E-state index is 13.0. The van der Waals surface area contributed by atoms with Gasteiger partial charge in [0.2, 0.25) is 17.6 Å². The van der Waals surface area contributed by atoms with E-state index in [1.54, 1.807) is 30.8 Å². The van der Waals surface area contributed by atoms with Crippen molar-refractivity contribution in [2.75, 3.05) is 5.32 Å². The topological polar surface area (TPSA) is 95.0 Å². The fourth-order valence-electron chi connectivity index (χ4n) is 3.39. The van der Waals surface area contributed by atoms with E-state index in [0.717, 1.165) is 5.69 Å². The van der Waals surface area contributed by atoms with Crippen molar-refractivity contribution in [3.05, 3.63) is 82.4 Å².